The summed E-state index contributed by atoms with van der Waals surface area (Å²) in [4.78, 5) is 9.89. The predicted molar refractivity (Wildman–Crippen MR) is 85.0 cm³/mol. The van der Waals surface area contributed by atoms with E-state index in [-0.39, 0.29) is 12.1 Å². The molecule has 2 aromatic rings. The van der Waals surface area contributed by atoms with Crippen LogP contribution in [0.5, 0.6) is 5.75 Å². The first kappa shape index (κ1) is 15.5. The van der Waals surface area contributed by atoms with Gasteiger partial charge in [0.25, 0.3) is 0 Å². The van der Waals surface area contributed by atoms with Gasteiger partial charge in [0.15, 0.2) is 0 Å². The monoisotopic (exact) mass is 312 g/mol. The highest BCUT2D eigenvalue weighted by Crippen LogP contribution is 2.31. The van der Waals surface area contributed by atoms with E-state index in [0.29, 0.717) is 12.2 Å². The molecular formula is C17H20N4O2. The van der Waals surface area contributed by atoms with Crippen LogP contribution in [0.4, 0.5) is 0 Å². The summed E-state index contributed by atoms with van der Waals surface area (Å²) >= 11 is 0. The first-order chi connectivity index (χ1) is 11.3. The molecule has 0 radical (unpaired) electrons. The Hall–Kier alpha value is -2.36. The Labute approximate surface area is 135 Å². The third kappa shape index (κ3) is 3.70. The van der Waals surface area contributed by atoms with Gasteiger partial charge in [-0.2, -0.15) is 5.26 Å². The number of hydrogen-bond donors (Lipinski definition) is 1. The Kier molecular flexibility index (Phi) is 4.91. The van der Waals surface area contributed by atoms with Crippen molar-refractivity contribution in [3.05, 3.63) is 48.0 Å². The summed E-state index contributed by atoms with van der Waals surface area (Å²) in [7, 11) is 1.75. The minimum Gasteiger partial charge on any atom is -0.492 e. The van der Waals surface area contributed by atoms with Crippen molar-refractivity contribution < 1.29 is 9.47 Å². The van der Waals surface area contributed by atoms with Crippen LogP contribution in [0, 0.1) is 11.3 Å². The van der Waals surface area contributed by atoms with Gasteiger partial charge in [0.05, 0.1) is 23.8 Å². The average molecular weight is 312 g/mol. The van der Waals surface area contributed by atoms with Crippen molar-refractivity contribution in [1.29, 1.82) is 5.26 Å². The summed E-state index contributed by atoms with van der Waals surface area (Å²) < 4.78 is 11.3. The fourth-order valence-corrected chi connectivity index (χ4v) is 2.96. The van der Waals surface area contributed by atoms with E-state index < -0.39 is 0 Å². The Morgan fingerprint density at radius 2 is 2.39 bits per heavy atom. The molecule has 0 spiro atoms. The fourth-order valence-electron chi connectivity index (χ4n) is 2.96. The van der Waals surface area contributed by atoms with E-state index in [0.717, 1.165) is 31.1 Å². The third-order valence-corrected chi connectivity index (χ3v) is 4.14. The van der Waals surface area contributed by atoms with Crippen LogP contribution < -0.4 is 4.74 Å². The van der Waals surface area contributed by atoms with Crippen LogP contribution in [-0.2, 0) is 4.74 Å². The number of H-pyrrole nitrogens is 1. The number of likely N-dealkylation sites (tertiary alicyclic amines) is 1. The van der Waals surface area contributed by atoms with Crippen LogP contribution >= 0.6 is 0 Å². The van der Waals surface area contributed by atoms with E-state index >= 15 is 0 Å². The molecule has 6 nitrogen and oxygen atoms in total. The van der Waals surface area contributed by atoms with Gasteiger partial charge >= 0.3 is 0 Å². The lowest BCUT2D eigenvalue weighted by Gasteiger charge is -2.22. The number of methoxy groups -OCH3 is 1. The molecule has 1 fully saturated rings. The highest BCUT2D eigenvalue weighted by Gasteiger charge is 2.34. The van der Waals surface area contributed by atoms with Crippen LogP contribution in [0.1, 0.15) is 23.9 Å². The number of imidazole rings is 1. The van der Waals surface area contributed by atoms with Crippen molar-refractivity contribution in [2.24, 2.45) is 0 Å². The Morgan fingerprint density at radius 3 is 3.13 bits per heavy atom. The first-order valence-electron chi connectivity index (χ1n) is 7.69. The van der Waals surface area contributed by atoms with Gasteiger partial charge in [-0.05, 0) is 24.6 Å². The average Bonchev–Trinajstić information content (AvgIpc) is 3.24. The number of rotatable bonds is 6. The van der Waals surface area contributed by atoms with Crippen molar-refractivity contribution in [3.63, 3.8) is 0 Å². The van der Waals surface area contributed by atoms with Crippen LogP contribution in [0.25, 0.3) is 0 Å². The zero-order valence-electron chi connectivity index (χ0n) is 13.1. The standard InChI is InChI=1S/C17H20N4O2/c1-22-15-10-16(17-19-5-6-20-17)21(12-15)7-8-23-14-4-2-3-13(9-14)11-18/h2-6,9,15-16H,7-8,10,12H2,1H3,(H,19,20)/t15-,16+/m1/s1. The Bertz CT molecular complexity index is 665. The molecule has 6 heteroatoms. The highest BCUT2D eigenvalue weighted by atomic mass is 16.5. The van der Waals surface area contributed by atoms with Gasteiger partial charge in [-0.25, -0.2) is 4.98 Å². The number of ether oxygens (including phenoxy) is 2. The van der Waals surface area contributed by atoms with E-state index in [1.807, 2.05) is 18.3 Å². The van der Waals surface area contributed by atoms with Gasteiger partial charge in [-0.1, -0.05) is 6.07 Å². The summed E-state index contributed by atoms with van der Waals surface area (Å²) in [5, 5.41) is 8.92. The van der Waals surface area contributed by atoms with Crippen LogP contribution in [0.15, 0.2) is 36.7 Å². The quantitative estimate of drug-likeness (QED) is 0.884. The molecule has 1 saturated heterocycles. The van der Waals surface area contributed by atoms with Gasteiger partial charge < -0.3 is 14.5 Å². The molecule has 1 aromatic heterocycles. The number of benzene rings is 1. The summed E-state index contributed by atoms with van der Waals surface area (Å²) in [6.07, 6.45) is 4.76. The van der Waals surface area contributed by atoms with Crippen LogP contribution in [-0.4, -0.2) is 47.8 Å². The van der Waals surface area contributed by atoms with Gasteiger partial charge in [0.2, 0.25) is 0 Å². The number of nitrogens with zero attached hydrogens (tertiary/aromatic N) is 3. The highest BCUT2D eigenvalue weighted by molar-refractivity contribution is 5.36. The number of nitrogens with one attached hydrogen (secondary N) is 1. The normalized spacial score (nSPS) is 21.2. The van der Waals surface area contributed by atoms with Gasteiger partial charge in [0.1, 0.15) is 18.2 Å². The second kappa shape index (κ2) is 7.27. The Balaban J connectivity index is 1.58. The molecule has 0 bridgehead atoms. The van der Waals surface area contributed by atoms with E-state index in [4.69, 9.17) is 14.7 Å². The zero-order valence-corrected chi connectivity index (χ0v) is 13.1. The van der Waals surface area contributed by atoms with Crippen molar-refractivity contribution >= 4 is 0 Å². The Morgan fingerprint density at radius 1 is 1.48 bits per heavy atom. The molecule has 23 heavy (non-hydrogen) atoms. The van der Waals surface area contributed by atoms with E-state index in [1.54, 1.807) is 25.4 Å². The molecule has 2 heterocycles. The van der Waals surface area contributed by atoms with Gasteiger partial charge in [0, 0.05) is 32.6 Å². The fraction of sp³-hybridized carbons (Fsp3) is 0.412. The minimum absolute atomic E-state index is 0.215. The molecule has 3 rings (SSSR count). The number of aromatic nitrogens is 2. The lowest BCUT2D eigenvalue weighted by atomic mass is 10.2. The van der Waals surface area contributed by atoms with Crippen molar-refractivity contribution in [3.8, 4) is 11.8 Å². The van der Waals surface area contributed by atoms with Crippen LogP contribution in [0.2, 0.25) is 0 Å². The van der Waals surface area contributed by atoms with Crippen molar-refractivity contribution in [1.82, 2.24) is 14.9 Å². The maximum atomic E-state index is 8.92. The lowest BCUT2D eigenvalue weighted by molar-refractivity contribution is 0.105. The summed E-state index contributed by atoms with van der Waals surface area (Å²) in [5.41, 5.74) is 0.608. The second-order valence-corrected chi connectivity index (χ2v) is 5.57. The van der Waals surface area contributed by atoms with Crippen molar-refractivity contribution in [2.45, 2.75) is 18.6 Å². The lowest BCUT2D eigenvalue weighted by Crippen LogP contribution is -2.30. The summed E-state index contributed by atoms with van der Waals surface area (Å²) in [6, 6.07) is 9.57. The smallest absolute Gasteiger partial charge is 0.123 e. The van der Waals surface area contributed by atoms with Gasteiger partial charge in [-0.15, -0.1) is 0 Å². The topological polar surface area (TPSA) is 74.2 Å². The number of aromatic amines is 1. The van der Waals surface area contributed by atoms with E-state index in [2.05, 4.69) is 20.9 Å². The van der Waals surface area contributed by atoms with Crippen molar-refractivity contribution in [2.75, 3.05) is 26.8 Å². The molecule has 120 valence electrons. The molecule has 2 atom stereocenters. The van der Waals surface area contributed by atoms with Crippen LogP contribution in [0.3, 0.4) is 0 Å². The van der Waals surface area contributed by atoms with E-state index in [1.165, 1.54) is 0 Å². The molecule has 1 aliphatic rings. The molecule has 0 unspecified atom stereocenters. The molecule has 0 aliphatic carbocycles. The first-order valence-corrected chi connectivity index (χ1v) is 7.69. The maximum Gasteiger partial charge on any atom is 0.123 e. The molecule has 1 aliphatic heterocycles. The number of hydrogen-bond acceptors (Lipinski definition) is 5. The minimum atomic E-state index is 0.215. The zero-order chi connectivity index (χ0) is 16.1. The largest absolute Gasteiger partial charge is 0.492 e. The second-order valence-electron chi connectivity index (χ2n) is 5.57. The molecule has 0 saturated carbocycles. The maximum absolute atomic E-state index is 8.92. The summed E-state index contributed by atoms with van der Waals surface area (Å²) in [5.74, 6) is 1.69. The predicted octanol–water partition coefficient (Wildman–Crippen LogP) is 2.12. The molecule has 1 aromatic carbocycles. The van der Waals surface area contributed by atoms with E-state index in [9.17, 15) is 0 Å². The third-order valence-electron chi connectivity index (χ3n) is 4.14. The molecule has 1 N–H and O–H groups in total. The van der Waals surface area contributed by atoms with Gasteiger partial charge in [-0.3, -0.25) is 4.90 Å². The molecule has 0 amide bonds. The summed E-state index contributed by atoms with van der Waals surface area (Å²) in [6.45, 7) is 2.20. The molecular weight excluding hydrogens is 292 g/mol. The number of nitriles is 1. The SMILES string of the molecule is CO[C@@H]1C[C@@H](c2ncc[nH]2)N(CCOc2cccc(C#N)c2)C1.